The van der Waals surface area contributed by atoms with E-state index < -0.39 is 61.2 Å². The van der Waals surface area contributed by atoms with Gasteiger partial charge >= 0.3 is 35.5 Å². The van der Waals surface area contributed by atoms with Crippen molar-refractivity contribution in [3.05, 3.63) is 0 Å². The standard InChI is InChI=1S/C15H20F12/c1-3-5-7-9-11(18,19)13(22,23)15(26,27)14(24,25)12(20,21)10(16,17)8-6-4-2/h3-9H2,1-2H3. The lowest BCUT2D eigenvalue weighted by Crippen LogP contribution is -2.70. The van der Waals surface area contributed by atoms with Gasteiger partial charge in [0.2, 0.25) is 0 Å². The minimum atomic E-state index is -7.44. The molecule has 0 aliphatic carbocycles. The van der Waals surface area contributed by atoms with Crippen LogP contribution in [0.5, 0.6) is 0 Å². The zero-order valence-corrected chi connectivity index (χ0v) is 14.5. The summed E-state index contributed by atoms with van der Waals surface area (Å²) in [4.78, 5) is 0. The van der Waals surface area contributed by atoms with Crippen LogP contribution in [-0.2, 0) is 0 Å². The fraction of sp³-hybridized carbons (Fsp3) is 1.00. The van der Waals surface area contributed by atoms with E-state index in [2.05, 4.69) is 0 Å². The maximum absolute atomic E-state index is 13.5. The molecule has 0 aromatic heterocycles. The second-order valence-electron chi connectivity index (χ2n) is 6.27. The Balaban J connectivity index is 5.99. The van der Waals surface area contributed by atoms with E-state index in [1.807, 2.05) is 0 Å². The lowest BCUT2D eigenvalue weighted by Gasteiger charge is -2.41. The molecule has 0 nitrogen and oxygen atoms in total. The average Bonchev–Trinajstić information content (AvgIpc) is 2.52. The Morgan fingerprint density at radius 1 is 0.407 bits per heavy atom. The number of hydrogen-bond acceptors (Lipinski definition) is 0. The first-order chi connectivity index (χ1) is 11.9. The second-order valence-corrected chi connectivity index (χ2v) is 6.27. The van der Waals surface area contributed by atoms with Gasteiger partial charge in [-0.15, -0.1) is 0 Å². The normalized spacial score (nSPS) is 15.3. The van der Waals surface area contributed by atoms with E-state index in [0.29, 0.717) is 0 Å². The molecule has 0 heterocycles. The minimum absolute atomic E-state index is 0.154. The largest absolute Gasteiger partial charge is 0.384 e. The van der Waals surface area contributed by atoms with Crippen LogP contribution in [0.25, 0.3) is 0 Å². The Morgan fingerprint density at radius 2 is 0.704 bits per heavy atom. The Labute approximate surface area is 148 Å². The van der Waals surface area contributed by atoms with Gasteiger partial charge in [0.15, 0.2) is 0 Å². The number of halogens is 12. The second kappa shape index (κ2) is 8.26. The number of unbranched alkanes of at least 4 members (excludes halogenated alkanes) is 3. The van der Waals surface area contributed by atoms with Crippen molar-refractivity contribution < 1.29 is 52.7 Å². The van der Waals surface area contributed by atoms with Gasteiger partial charge in [0, 0.05) is 12.8 Å². The summed E-state index contributed by atoms with van der Waals surface area (Å²) < 4.78 is 162. The molecule has 0 unspecified atom stereocenters. The summed E-state index contributed by atoms with van der Waals surface area (Å²) in [7, 11) is 0. The zero-order valence-electron chi connectivity index (χ0n) is 14.5. The predicted molar refractivity (Wildman–Crippen MR) is 73.3 cm³/mol. The highest BCUT2D eigenvalue weighted by atomic mass is 19.4. The van der Waals surface area contributed by atoms with Gasteiger partial charge in [-0.2, -0.15) is 52.7 Å². The smallest absolute Gasteiger partial charge is 0.200 e. The van der Waals surface area contributed by atoms with Crippen LogP contribution in [-0.4, -0.2) is 35.5 Å². The lowest BCUT2D eigenvalue weighted by atomic mass is 9.88. The van der Waals surface area contributed by atoms with E-state index in [1.54, 1.807) is 0 Å². The molecule has 0 fully saturated rings. The third-order valence-corrected chi connectivity index (χ3v) is 4.04. The van der Waals surface area contributed by atoms with Gasteiger partial charge in [-0.25, -0.2) is 0 Å². The number of hydrogen-bond donors (Lipinski definition) is 0. The summed E-state index contributed by atoms with van der Waals surface area (Å²) in [5.41, 5.74) is 0. The van der Waals surface area contributed by atoms with Crippen LogP contribution in [0.15, 0.2) is 0 Å². The van der Waals surface area contributed by atoms with Crippen molar-refractivity contribution in [3.63, 3.8) is 0 Å². The molecule has 0 saturated carbocycles. The Kier molecular flexibility index (Phi) is 8.01. The van der Waals surface area contributed by atoms with Crippen LogP contribution in [0, 0.1) is 0 Å². The summed E-state index contributed by atoms with van der Waals surface area (Å²) in [6, 6.07) is 0. The van der Waals surface area contributed by atoms with E-state index in [4.69, 9.17) is 0 Å². The molecule has 27 heavy (non-hydrogen) atoms. The number of rotatable bonds is 12. The first-order valence-electron chi connectivity index (χ1n) is 8.14. The van der Waals surface area contributed by atoms with Crippen LogP contribution < -0.4 is 0 Å². The molecule has 0 aromatic carbocycles. The Bertz CT molecular complexity index is 469. The molecular formula is C15H20F12. The van der Waals surface area contributed by atoms with Crippen molar-refractivity contribution in [1.29, 1.82) is 0 Å². The average molecular weight is 428 g/mol. The molecule has 0 radical (unpaired) electrons. The summed E-state index contributed by atoms with van der Waals surface area (Å²) in [5, 5.41) is 0. The summed E-state index contributed by atoms with van der Waals surface area (Å²) >= 11 is 0. The molecular weight excluding hydrogens is 408 g/mol. The van der Waals surface area contributed by atoms with Crippen molar-refractivity contribution in [3.8, 4) is 0 Å². The SMILES string of the molecule is CCCCCC(F)(F)C(F)(F)C(F)(F)C(F)(F)C(F)(F)C(F)(F)CCCC. The highest BCUT2D eigenvalue weighted by Crippen LogP contribution is 2.61. The van der Waals surface area contributed by atoms with Crippen LogP contribution in [0.4, 0.5) is 52.7 Å². The molecule has 12 heteroatoms. The fourth-order valence-electron chi connectivity index (χ4n) is 2.16. The molecule has 0 atom stereocenters. The van der Waals surface area contributed by atoms with E-state index in [1.165, 1.54) is 13.8 Å². The van der Waals surface area contributed by atoms with E-state index in [9.17, 15) is 52.7 Å². The van der Waals surface area contributed by atoms with Gasteiger partial charge in [0.25, 0.3) is 0 Å². The molecule has 164 valence electrons. The van der Waals surface area contributed by atoms with Gasteiger partial charge < -0.3 is 0 Å². The highest BCUT2D eigenvalue weighted by Gasteiger charge is 2.89. The monoisotopic (exact) mass is 428 g/mol. The first-order valence-corrected chi connectivity index (χ1v) is 8.14. The molecule has 0 rings (SSSR count). The van der Waals surface area contributed by atoms with Crippen LogP contribution in [0.1, 0.15) is 58.8 Å². The van der Waals surface area contributed by atoms with Crippen LogP contribution in [0.3, 0.4) is 0 Å². The molecule has 0 aromatic rings. The Morgan fingerprint density at radius 3 is 1.00 bits per heavy atom. The van der Waals surface area contributed by atoms with Crippen molar-refractivity contribution in [2.45, 2.75) is 94.3 Å². The summed E-state index contributed by atoms with van der Waals surface area (Å²) in [6.07, 6.45) is -5.82. The Hall–Kier alpha value is -0.840. The molecule has 0 bridgehead atoms. The van der Waals surface area contributed by atoms with Crippen molar-refractivity contribution in [2.75, 3.05) is 0 Å². The van der Waals surface area contributed by atoms with Gasteiger partial charge in [-0.3, -0.25) is 0 Å². The topological polar surface area (TPSA) is 0 Å². The zero-order chi connectivity index (χ0) is 21.9. The maximum atomic E-state index is 13.5. The lowest BCUT2D eigenvalue weighted by molar-refractivity contribution is -0.425. The fourth-order valence-corrected chi connectivity index (χ4v) is 2.16. The molecule has 0 aliphatic rings. The van der Waals surface area contributed by atoms with E-state index in [-0.39, 0.29) is 19.3 Å². The predicted octanol–water partition coefficient (Wildman–Crippen LogP) is 7.57. The van der Waals surface area contributed by atoms with Crippen molar-refractivity contribution >= 4 is 0 Å². The molecule has 0 N–H and O–H groups in total. The van der Waals surface area contributed by atoms with E-state index in [0.717, 1.165) is 0 Å². The molecule has 0 spiro atoms. The van der Waals surface area contributed by atoms with Crippen molar-refractivity contribution in [1.82, 2.24) is 0 Å². The van der Waals surface area contributed by atoms with Gasteiger partial charge in [-0.05, 0) is 12.8 Å². The quantitative estimate of drug-likeness (QED) is 0.222. The van der Waals surface area contributed by atoms with Gasteiger partial charge in [0.05, 0.1) is 0 Å². The highest BCUT2D eigenvalue weighted by molar-refractivity contribution is 5.11. The first kappa shape index (κ1) is 26.2. The van der Waals surface area contributed by atoms with Crippen molar-refractivity contribution in [2.24, 2.45) is 0 Å². The van der Waals surface area contributed by atoms with Crippen LogP contribution >= 0.6 is 0 Å². The molecule has 0 amide bonds. The van der Waals surface area contributed by atoms with E-state index >= 15 is 0 Å². The third-order valence-electron chi connectivity index (χ3n) is 4.04. The van der Waals surface area contributed by atoms with Gasteiger partial charge in [-0.1, -0.05) is 33.1 Å². The molecule has 0 aliphatic heterocycles. The van der Waals surface area contributed by atoms with Crippen LogP contribution in [0.2, 0.25) is 0 Å². The molecule has 0 saturated heterocycles. The maximum Gasteiger partial charge on any atom is 0.384 e. The minimum Gasteiger partial charge on any atom is -0.200 e. The number of alkyl halides is 12. The third kappa shape index (κ3) is 4.44. The van der Waals surface area contributed by atoms with Gasteiger partial charge in [0.1, 0.15) is 0 Å². The summed E-state index contributed by atoms with van der Waals surface area (Å²) in [5.74, 6) is -40.5. The summed E-state index contributed by atoms with van der Waals surface area (Å²) in [6.45, 7) is 2.62.